The Morgan fingerprint density at radius 3 is 2.19 bits per heavy atom. The van der Waals surface area contributed by atoms with Crippen LogP contribution in [0.15, 0.2) is 36.5 Å². The maximum Gasteiger partial charge on any atom is 0.416 e. The summed E-state index contributed by atoms with van der Waals surface area (Å²) in [6, 6.07) is 6.14. The van der Waals surface area contributed by atoms with Gasteiger partial charge in [0.1, 0.15) is 5.69 Å². The highest BCUT2D eigenvalue weighted by atomic mass is 19.4. The Kier molecular flexibility index (Phi) is 4.33. The van der Waals surface area contributed by atoms with Crippen molar-refractivity contribution in [3.05, 3.63) is 53.2 Å². The maximum atomic E-state index is 12.9. The third kappa shape index (κ3) is 3.63. The van der Waals surface area contributed by atoms with Crippen LogP contribution in [0.1, 0.15) is 21.5 Å². The zero-order valence-corrected chi connectivity index (χ0v) is 13.2. The van der Waals surface area contributed by atoms with Gasteiger partial charge in [0.25, 0.3) is 0 Å². The minimum Gasteiger partial charge on any atom is -0.478 e. The largest absolute Gasteiger partial charge is 0.478 e. The SMILES string of the molecule is Cc1cc(-c2nnc(-c3ccc(C(=O)O)cn3)nn2)cc(C(F)(F)F)c1. The number of hydrogen-bond donors (Lipinski definition) is 1. The standard InChI is InChI=1S/C16H10F3N5O2/c1-8-4-10(6-11(5-8)16(17,18)19)13-21-23-14(24-22-13)12-3-2-9(7-20-12)15(25)26/h2-7H,1H3,(H,25,26). The summed E-state index contributed by atoms with van der Waals surface area (Å²) in [4.78, 5) is 14.7. The number of aryl methyl sites for hydroxylation is 1. The van der Waals surface area contributed by atoms with Gasteiger partial charge in [0.2, 0.25) is 11.6 Å². The number of carboxylic acid groups (broad SMARTS) is 1. The Hall–Kier alpha value is -3.43. The van der Waals surface area contributed by atoms with E-state index in [1.807, 2.05) is 0 Å². The van der Waals surface area contributed by atoms with Crippen molar-refractivity contribution in [1.82, 2.24) is 25.4 Å². The zero-order chi connectivity index (χ0) is 18.9. The van der Waals surface area contributed by atoms with Crippen molar-refractivity contribution in [2.45, 2.75) is 13.1 Å². The Balaban J connectivity index is 1.93. The molecule has 7 nitrogen and oxygen atoms in total. The zero-order valence-electron chi connectivity index (χ0n) is 13.2. The monoisotopic (exact) mass is 361 g/mol. The van der Waals surface area contributed by atoms with Crippen LogP contribution in [0.3, 0.4) is 0 Å². The highest BCUT2D eigenvalue weighted by Crippen LogP contribution is 2.32. The Bertz CT molecular complexity index is 957. The van der Waals surface area contributed by atoms with Gasteiger partial charge in [0, 0.05) is 11.8 Å². The molecule has 0 aliphatic heterocycles. The molecule has 0 spiro atoms. The number of halogens is 3. The molecule has 0 saturated carbocycles. The average molecular weight is 361 g/mol. The van der Waals surface area contributed by atoms with Crippen LogP contribution in [-0.4, -0.2) is 36.5 Å². The minimum atomic E-state index is -4.49. The molecule has 0 saturated heterocycles. The Morgan fingerprint density at radius 1 is 1.00 bits per heavy atom. The van der Waals surface area contributed by atoms with Crippen molar-refractivity contribution in [2.24, 2.45) is 0 Å². The molecule has 3 aromatic rings. The summed E-state index contributed by atoms with van der Waals surface area (Å²) in [5.41, 5.74) is -0.0508. The van der Waals surface area contributed by atoms with E-state index in [1.54, 1.807) is 0 Å². The van der Waals surface area contributed by atoms with Crippen LogP contribution in [0.25, 0.3) is 22.9 Å². The summed E-state index contributed by atoms with van der Waals surface area (Å²) in [5.74, 6) is -1.17. The highest BCUT2D eigenvalue weighted by molar-refractivity contribution is 5.87. The highest BCUT2D eigenvalue weighted by Gasteiger charge is 2.31. The molecule has 0 bridgehead atoms. The van der Waals surface area contributed by atoms with E-state index in [0.29, 0.717) is 5.56 Å². The minimum absolute atomic E-state index is 0.00858. The number of benzene rings is 1. The first kappa shape index (κ1) is 17.4. The van der Waals surface area contributed by atoms with E-state index in [1.165, 1.54) is 25.1 Å². The molecule has 0 amide bonds. The van der Waals surface area contributed by atoms with Gasteiger partial charge < -0.3 is 5.11 Å². The predicted octanol–water partition coefficient (Wildman–Crippen LogP) is 3.02. The molecule has 0 aliphatic rings. The van der Waals surface area contributed by atoms with Crippen molar-refractivity contribution in [3.8, 4) is 22.9 Å². The molecule has 2 heterocycles. The van der Waals surface area contributed by atoms with E-state index in [9.17, 15) is 18.0 Å². The predicted molar refractivity (Wildman–Crippen MR) is 83.0 cm³/mol. The lowest BCUT2D eigenvalue weighted by Crippen LogP contribution is -2.06. The average Bonchev–Trinajstić information content (AvgIpc) is 2.61. The third-order valence-electron chi connectivity index (χ3n) is 3.38. The van der Waals surface area contributed by atoms with E-state index < -0.39 is 17.7 Å². The number of pyridine rings is 1. The molecule has 0 fully saturated rings. The van der Waals surface area contributed by atoms with Gasteiger partial charge in [-0.2, -0.15) is 13.2 Å². The lowest BCUT2D eigenvalue weighted by Gasteiger charge is -2.09. The second kappa shape index (κ2) is 6.47. The van der Waals surface area contributed by atoms with Crippen molar-refractivity contribution in [2.75, 3.05) is 0 Å². The molecular formula is C16H10F3N5O2. The molecule has 0 aliphatic carbocycles. The quantitative estimate of drug-likeness (QED) is 0.765. The summed E-state index contributed by atoms with van der Waals surface area (Å²) >= 11 is 0. The molecule has 0 atom stereocenters. The molecule has 1 N–H and O–H groups in total. The van der Waals surface area contributed by atoms with Crippen LogP contribution in [0, 0.1) is 6.92 Å². The molecule has 26 heavy (non-hydrogen) atoms. The maximum absolute atomic E-state index is 12.9. The van der Waals surface area contributed by atoms with Gasteiger partial charge in [-0.1, -0.05) is 0 Å². The number of nitrogens with zero attached hydrogens (tertiary/aromatic N) is 5. The fourth-order valence-corrected chi connectivity index (χ4v) is 2.18. The van der Waals surface area contributed by atoms with E-state index in [-0.39, 0.29) is 28.5 Å². The van der Waals surface area contributed by atoms with E-state index in [4.69, 9.17) is 5.11 Å². The Labute approximate surface area is 144 Å². The van der Waals surface area contributed by atoms with Crippen LogP contribution in [-0.2, 0) is 6.18 Å². The van der Waals surface area contributed by atoms with Gasteiger partial charge in [-0.3, -0.25) is 4.98 Å². The van der Waals surface area contributed by atoms with Crippen molar-refractivity contribution >= 4 is 5.97 Å². The number of rotatable bonds is 3. The first-order valence-electron chi connectivity index (χ1n) is 7.20. The molecule has 2 aromatic heterocycles. The van der Waals surface area contributed by atoms with Crippen LogP contribution >= 0.6 is 0 Å². The second-order valence-electron chi connectivity index (χ2n) is 5.37. The topological polar surface area (TPSA) is 102 Å². The van der Waals surface area contributed by atoms with Gasteiger partial charge >= 0.3 is 12.1 Å². The first-order chi connectivity index (χ1) is 12.2. The molecule has 3 rings (SSSR count). The number of carboxylic acids is 1. The summed E-state index contributed by atoms with van der Waals surface area (Å²) in [6.45, 7) is 1.53. The van der Waals surface area contributed by atoms with Gasteiger partial charge in [-0.25, -0.2) is 4.79 Å². The van der Waals surface area contributed by atoms with Gasteiger partial charge in [0.15, 0.2) is 0 Å². The lowest BCUT2D eigenvalue weighted by molar-refractivity contribution is -0.137. The first-order valence-corrected chi connectivity index (χ1v) is 7.20. The van der Waals surface area contributed by atoms with E-state index in [2.05, 4.69) is 25.4 Å². The summed E-state index contributed by atoms with van der Waals surface area (Å²) in [5, 5.41) is 24.0. The van der Waals surface area contributed by atoms with Crippen molar-refractivity contribution in [3.63, 3.8) is 0 Å². The second-order valence-corrected chi connectivity index (χ2v) is 5.37. The van der Waals surface area contributed by atoms with E-state index in [0.717, 1.165) is 18.3 Å². The molecule has 132 valence electrons. The van der Waals surface area contributed by atoms with Gasteiger partial charge in [-0.15, -0.1) is 20.4 Å². The Morgan fingerprint density at radius 2 is 1.65 bits per heavy atom. The number of alkyl halides is 3. The van der Waals surface area contributed by atoms with Crippen LogP contribution in [0.5, 0.6) is 0 Å². The summed E-state index contributed by atoms with van der Waals surface area (Å²) in [7, 11) is 0. The third-order valence-corrected chi connectivity index (χ3v) is 3.38. The van der Waals surface area contributed by atoms with Gasteiger partial charge in [-0.05, 0) is 42.8 Å². The van der Waals surface area contributed by atoms with E-state index >= 15 is 0 Å². The number of aromatic nitrogens is 5. The van der Waals surface area contributed by atoms with Crippen molar-refractivity contribution < 1.29 is 23.1 Å². The van der Waals surface area contributed by atoms with Crippen molar-refractivity contribution in [1.29, 1.82) is 0 Å². The van der Waals surface area contributed by atoms with Gasteiger partial charge in [0.05, 0.1) is 11.1 Å². The molecule has 0 unspecified atom stereocenters. The lowest BCUT2D eigenvalue weighted by atomic mass is 10.1. The van der Waals surface area contributed by atoms with Crippen LogP contribution in [0.2, 0.25) is 0 Å². The normalized spacial score (nSPS) is 11.4. The molecular weight excluding hydrogens is 351 g/mol. The molecule has 10 heteroatoms. The van der Waals surface area contributed by atoms with Crippen LogP contribution < -0.4 is 0 Å². The molecule has 1 aromatic carbocycles. The fraction of sp³-hybridized carbons (Fsp3) is 0.125. The molecule has 0 radical (unpaired) electrons. The number of hydrogen-bond acceptors (Lipinski definition) is 6. The number of aromatic carboxylic acids is 1. The fourth-order valence-electron chi connectivity index (χ4n) is 2.18. The van der Waals surface area contributed by atoms with Crippen LogP contribution in [0.4, 0.5) is 13.2 Å². The summed E-state index contributed by atoms with van der Waals surface area (Å²) < 4.78 is 38.7. The smallest absolute Gasteiger partial charge is 0.416 e. The summed E-state index contributed by atoms with van der Waals surface area (Å²) in [6.07, 6.45) is -3.36. The number of carbonyl (C=O) groups is 1.